The van der Waals surface area contributed by atoms with Crippen LogP contribution in [0.25, 0.3) is 0 Å². The molecule has 0 aliphatic heterocycles. The van der Waals surface area contributed by atoms with Crippen LogP contribution in [0.4, 0.5) is 10.5 Å². The second kappa shape index (κ2) is 6.70. The van der Waals surface area contributed by atoms with E-state index in [2.05, 4.69) is 4.72 Å². The summed E-state index contributed by atoms with van der Waals surface area (Å²) in [5, 5.41) is 0. The van der Waals surface area contributed by atoms with Gasteiger partial charge in [0.05, 0.1) is 10.6 Å². The molecule has 0 spiro atoms. The van der Waals surface area contributed by atoms with E-state index in [0.717, 1.165) is 5.56 Å². The number of nitrogens with one attached hydrogen (secondary N) is 1. The number of amides is 1. The van der Waals surface area contributed by atoms with Crippen LogP contribution in [0, 0.1) is 6.92 Å². The van der Waals surface area contributed by atoms with Crippen molar-refractivity contribution in [3.8, 4) is 5.75 Å². The van der Waals surface area contributed by atoms with E-state index in [1.54, 1.807) is 38.4 Å². The number of rotatable bonds is 4. The second-order valence-electron chi connectivity index (χ2n) is 5.18. The summed E-state index contributed by atoms with van der Waals surface area (Å²) in [6.45, 7) is 1.87. The molecule has 0 unspecified atom stereocenters. The molecule has 23 heavy (non-hydrogen) atoms. The Labute approximate surface area is 135 Å². The molecule has 0 saturated heterocycles. The maximum atomic E-state index is 12.4. The molecule has 0 fully saturated rings. The van der Waals surface area contributed by atoms with Crippen molar-refractivity contribution in [2.75, 3.05) is 18.8 Å². The van der Waals surface area contributed by atoms with Gasteiger partial charge in [-0.25, -0.2) is 13.2 Å². The minimum Gasteiger partial charge on any atom is -0.408 e. The highest BCUT2D eigenvalue weighted by Crippen LogP contribution is 2.27. The zero-order valence-electron chi connectivity index (χ0n) is 13.1. The number of nitrogens with zero attached hydrogens (tertiary/aromatic N) is 1. The molecule has 122 valence electrons. The van der Waals surface area contributed by atoms with Crippen molar-refractivity contribution >= 4 is 21.8 Å². The Bertz CT molecular complexity index is 799. The number of aryl methyl sites for hydroxylation is 1. The van der Waals surface area contributed by atoms with Crippen LogP contribution in [-0.2, 0) is 10.0 Å². The van der Waals surface area contributed by atoms with E-state index < -0.39 is 16.1 Å². The van der Waals surface area contributed by atoms with Gasteiger partial charge in [-0.3, -0.25) is 4.72 Å². The highest BCUT2D eigenvalue weighted by molar-refractivity contribution is 7.92. The number of hydrogen-bond donors (Lipinski definition) is 1. The number of sulfonamides is 1. The first-order valence-corrected chi connectivity index (χ1v) is 8.35. The standard InChI is InChI=1S/C16H18N2O4S/c1-12-8-10-13(11-9-12)23(20,21)17-14-6-4-5-7-15(14)22-16(19)18(2)3/h4-11,17H,1-3H3. The molecule has 0 atom stereocenters. The second-order valence-corrected chi connectivity index (χ2v) is 6.86. The first-order chi connectivity index (χ1) is 10.8. The molecule has 0 bridgehead atoms. The molecule has 0 saturated carbocycles. The van der Waals surface area contributed by atoms with E-state index in [4.69, 9.17) is 4.74 Å². The summed E-state index contributed by atoms with van der Waals surface area (Å²) >= 11 is 0. The van der Waals surface area contributed by atoms with Gasteiger partial charge in [0.15, 0.2) is 5.75 Å². The fourth-order valence-electron chi connectivity index (χ4n) is 1.75. The number of carbonyl (C=O) groups excluding carboxylic acids is 1. The topological polar surface area (TPSA) is 75.7 Å². The van der Waals surface area contributed by atoms with Gasteiger partial charge in [0.1, 0.15) is 0 Å². The molecule has 2 aromatic rings. The van der Waals surface area contributed by atoms with Crippen LogP contribution < -0.4 is 9.46 Å². The molecule has 0 radical (unpaired) electrons. The molecule has 7 heteroatoms. The van der Waals surface area contributed by atoms with Crippen LogP contribution in [-0.4, -0.2) is 33.5 Å². The van der Waals surface area contributed by atoms with Gasteiger partial charge in [0.25, 0.3) is 10.0 Å². The van der Waals surface area contributed by atoms with Crippen molar-refractivity contribution in [3.63, 3.8) is 0 Å². The number of carbonyl (C=O) groups is 1. The fraction of sp³-hybridized carbons (Fsp3) is 0.188. The first-order valence-electron chi connectivity index (χ1n) is 6.87. The van der Waals surface area contributed by atoms with Crippen molar-refractivity contribution in [1.29, 1.82) is 0 Å². The van der Waals surface area contributed by atoms with Crippen LogP contribution in [0.1, 0.15) is 5.56 Å². The van der Waals surface area contributed by atoms with Gasteiger partial charge in [-0.2, -0.15) is 0 Å². The first kappa shape index (κ1) is 16.8. The van der Waals surface area contributed by atoms with Gasteiger partial charge < -0.3 is 9.64 Å². The lowest BCUT2D eigenvalue weighted by molar-refractivity contribution is 0.172. The van der Waals surface area contributed by atoms with Crippen LogP contribution in [0.2, 0.25) is 0 Å². The Morgan fingerprint density at radius 1 is 1.04 bits per heavy atom. The van der Waals surface area contributed by atoms with Gasteiger partial charge in [-0.15, -0.1) is 0 Å². The van der Waals surface area contributed by atoms with Crippen LogP contribution >= 0.6 is 0 Å². The molecule has 0 aliphatic rings. The van der Waals surface area contributed by atoms with E-state index in [1.807, 2.05) is 6.92 Å². The van der Waals surface area contributed by atoms with Crippen molar-refractivity contribution in [3.05, 3.63) is 54.1 Å². The summed E-state index contributed by atoms with van der Waals surface area (Å²) in [6, 6.07) is 12.8. The summed E-state index contributed by atoms with van der Waals surface area (Å²) in [4.78, 5) is 13.1. The Hall–Kier alpha value is -2.54. The molecule has 0 heterocycles. The molecule has 2 aromatic carbocycles. The van der Waals surface area contributed by atoms with E-state index >= 15 is 0 Å². The van der Waals surface area contributed by atoms with Crippen molar-refractivity contribution in [2.24, 2.45) is 0 Å². The summed E-state index contributed by atoms with van der Waals surface area (Å²) in [5.41, 5.74) is 1.16. The molecule has 0 aromatic heterocycles. The molecular formula is C16H18N2O4S. The van der Waals surface area contributed by atoms with E-state index in [0.29, 0.717) is 0 Å². The van der Waals surface area contributed by atoms with Crippen molar-refractivity contribution in [1.82, 2.24) is 4.90 Å². The quantitative estimate of drug-likeness (QED) is 0.933. The third-order valence-corrected chi connectivity index (χ3v) is 4.41. The number of benzene rings is 2. The van der Waals surface area contributed by atoms with E-state index in [1.165, 1.54) is 29.2 Å². The lowest BCUT2D eigenvalue weighted by Gasteiger charge is -2.15. The average Bonchev–Trinajstić information content (AvgIpc) is 2.49. The van der Waals surface area contributed by atoms with Crippen LogP contribution in [0.5, 0.6) is 5.75 Å². The number of anilines is 1. The SMILES string of the molecule is Cc1ccc(S(=O)(=O)Nc2ccccc2OC(=O)N(C)C)cc1. The predicted molar refractivity (Wildman–Crippen MR) is 88.1 cm³/mol. The molecule has 1 amide bonds. The van der Waals surface area contributed by atoms with Gasteiger partial charge in [0, 0.05) is 14.1 Å². The zero-order chi connectivity index (χ0) is 17.0. The smallest absolute Gasteiger partial charge is 0.408 e. The summed E-state index contributed by atoms with van der Waals surface area (Å²) in [5.74, 6) is 0.141. The molecule has 1 N–H and O–H groups in total. The average molecular weight is 334 g/mol. The Morgan fingerprint density at radius 3 is 2.26 bits per heavy atom. The Morgan fingerprint density at radius 2 is 1.65 bits per heavy atom. The lowest BCUT2D eigenvalue weighted by atomic mass is 10.2. The molecular weight excluding hydrogens is 316 g/mol. The normalized spacial score (nSPS) is 10.9. The molecule has 2 rings (SSSR count). The van der Waals surface area contributed by atoms with Crippen molar-refractivity contribution in [2.45, 2.75) is 11.8 Å². The predicted octanol–water partition coefficient (Wildman–Crippen LogP) is 2.86. The van der Waals surface area contributed by atoms with Gasteiger partial charge in [0.2, 0.25) is 0 Å². The molecule has 6 nitrogen and oxygen atoms in total. The van der Waals surface area contributed by atoms with Crippen LogP contribution in [0.3, 0.4) is 0 Å². The summed E-state index contributed by atoms with van der Waals surface area (Å²) < 4.78 is 32.5. The largest absolute Gasteiger partial charge is 0.414 e. The fourth-order valence-corrected chi connectivity index (χ4v) is 2.82. The zero-order valence-corrected chi connectivity index (χ0v) is 13.9. The number of hydrogen-bond acceptors (Lipinski definition) is 4. The maximum absolute atomic E-state index is 12.4. The molecule has 0 aliphatic carbocycles. The van der Waals surface area contributed by atoms with Gasteiger partial charge >= 0.3 is 6.09 Å². The minimum absolute atomic E-state index is 0.136. The van der Waals surface area contributed by atoms with Gasteiger partial charge in [-0.05, 0) is 31.2 Å². The Kier molecular flexibility index (Phi) is 4.90. The highest BCUT2D eigenvalue weighted by Gasteiger charge is 2.18. The monoisotopic (exact) mass is 334 g/mol. The Balaban J connectivity index is 2.29. The van der Waals surface area contributed by atoms with Gasteiger partial charge in [-0.1, -0.05) is 29.8 Å². The summed E-state index contributed by atoms with van der Waals surface area (Å²) in [7, 11) is -0.677. The summed E-state index contributed by atoms with van der Waals surface area (Å²) in [6.07, 6.45) is -0.591. The number of ether oxygens (including phenoxy) is 1. The van der Waals surface area contributed by atoms with E-state index in [-0.39, 0.29) is 16.3 Å². The number of para-hydroxylation sites is 2. The van der Waals surface area contributed by atoms with Crippen molar-refractivity contribution < 1.29 is 17.9 Å². The highest BCUT2D eigenvalue weighted by atomic mass is 32.2. The minimum atomic E-state index is -3.76. The van der Waals surface area contributed by atoms with Crippen LogP contribution in [0.15, 0.2) is 53.4 Å². The third kappa shape index (κ3) is 4.23. The maximum Gasteiger partial charge on any atom is 0.414 e. The van der Waals surface area contributed by atoms with E-state index in [9.17, 15) is 13.2 Å². The third-order valence-electron chi connectivity index (χ3n) is 3.03. The lowest BCUT2D eigenvalue weighted by Crippen LogP contribution is -2.26.